The lowest BCUT2D eigenvalue weighted by molar-refractivity contribution is 0.478. The number of fused-ring (bicyclic) bond motifs is 4. The maximum Gasteiger partial charge on any atom is 0.229 e. The van der Waals surface area contributed by atoms with E-state index in [1.807, 2.05) is 12.1 Å². The van der Waals surface area contributed by atoms with E-state index in [0.717, 1.165) is 43.0 Å². The summed E-state index contributed by atoms with van der Waals surface area (Å²) in [5, 5.41) is 16.6. The first kappa shape index (κ1) is 19.5. The van der Waals surface area contributed by atoms with Gasteiger partial charge in [-0.25, -0.2) is 28.7 Å². The minimum atomic E-state index is -0.703. The van der Waals surface area contributed by atoms with Gasteiger partial charge < -0.3 is 15.7 Å². The number of nitrogens with zero attached hydrogens (tertiary/aromatic N) is 5. The molecule has 6 rings (SSSR count). The maximum atomic E-state index is 15.0. The third kappa shape index (κ3) is 3.31. The number of aromatic nitrogens is 5. The number of hydrogen-bond donors (Lipinski definition) is 3. The molecule has 0 aliphatic carbocycles. The Morgan fingerprint density at radius 2 is 1.97 bits per heavy atom. The summed E-state index contributed by atoms with van der Waals surface area (Å²) in [7, 11) is 0. The zero-order chi connectivity index (χ0) is 22.5. The topological polar surface area (TPSA) is 100 Å². The molecule has 0 amide bonds. The number of benzene rings is 1. The van der Waals surface area contributed by atoms with Crippen LogP contribution in [0.2, 0.25) is 0 Å². The average molecular weight is 445 g/mol. The molecule has 164 valence electrons. The Labute approximate surface area is 186 Å². The van der Waals surface area contributed by atoms with Crippen molar-refractivity contribution in [3.8, 4) is 17.0 Å². The summed E-state index contributed by atoms with van der Waals surface area (Å²) in [6, 6.07) is 7.87. The van der Waals surface area contributed by atoms with Gasteiger partial charge in [-0.05, 0) is 23.8 Å². The molecule has 0 saturated heterocycles. The second-order valence-electron chi connectivity index (χ2n) is 7.78. The van der Waals surface area contributed by atoms with Gasteiger partial charge in [0, 0.05) is 49.2 Å². The van der Waals surface area contributed by atoms with Crippen molar-refractivity contribution in [3.63, 3.8) is 0 Å². The Bertz CT molecular complexity index is 1550. The third-order valence-corrected chi connectivity index (χ3v) is 5.70. The first-order chi connectivity index (χ1) is 16.1. The van der Waals surface area contributed by atoms with Gasteiger partial charge in [-0.1, -0.05) is 6.07 Å². The summed E-state index contributed by atoms with van der Waals surface area (Å²) in [5.41, 5.74) is 3.03. The van der Waals surface area contributed by atoms with Gasteiger partial charge in [0.05, 0.1) is 17.1 Å². The van der Waals surface area contributed by atoms with E-state index in [1.54, 1.807) is 16.7 Å². The molecule has 0 fully saturated rings. The van der Waals surface area contributed by atoms with Gasteiger partial charge in [0.25, 0.3) is 0 Å². The molecule has 10 heteroatoms. The van der Waals surface area contributed by atoms with Gasteiger partial charge in [0.15, 0.2) is 5.82 Å². The van der Waals surface area contributed by atoms with Gasteiger partial charge in [0.2, 0.25) is 5.95 Å². The van der Waals surface area contributed by atoms with Crippen LogP contribution in [0, 0.1) is 11.6 Å². The summed E-state index contributed by atoms with van der Waals surface area (Å²) < 4.78 is 31.3. The lowest BCUT2D eigenvalue weighted by Crippen LogP contribution is -2.24. The normalized spacial score (nSPS) is 13.4. The van der Waals surface area contributed by atoms with Crippen molar-refractivity contribution in [1.29, 1.82) is 0 Å². The van der Waals surface area contributed by atoms with Crippen LogP contribution in [0.3, 0.4) is 0 Å². The van der Waals surface area contributed by atoms with Crippen LogP contribution in [0.5, 0.6) is 5.75 Å². The van der Waals surface area contributed by atoms with Gasteiger partial charge in [-0.3, -0.25) is 4.40 Å². The van der Waals surface area contributed by atoms with Crippen molar-refractivity contribution < 1.29 is 13.9 Å². The zero-order valence-electron chi connectivity index (χ0n) is 17.2. The Hall–Kier alpha value is -4.18. The smallest absolute Gasteiger partial charge is 0.229 e. The summed E-state index contributed by atoms with van der Waals surface area (Å²) in [6.45, 7) is 1.63. The molecule has 33 heavy (non-hydrogen) atoms. The Morgan fingerprint density at radius 1 is 1.06 bits per heavy atom. The van der Waals surface area contributed by atoms with Crippen molar-refractivity contribution in [2.75, 3.05) is 11.9 Å². The standard InChI is InChI=1S/C23H17F2N7O/c24-14-7-13(8-17-21(14)18(33)9-20-27-5-6-32(17)20)22-15(25)11-28-23(31-22)30-19-2-1-12-10-26-4-3-16(12)29-19/h1-2,5-9,11,26,33H,3-4,10H2,(H,28,29,30,31). The molecule has 1 aromatic carbocycles. The van der Waals surface area contributed by atoms with E-state index in [1.165, 1.54) is 12.3 Å². The van der Waals surface area contributed by atoms with Crippen LogP contribution in [0.4, 0.5) is 20.5 Å². The van der Waals surface area contributed by atoms with Crippen molar-refractivity contribution in [2.45, 2.75) is 13.0 Å². The number of halogens is 2. The molecule has 0 saturated carbocycles. The van der Waals surface area contributed by atoms with Crippen LogP contribution >= 0.6 is 0 Å². The number of pyridine rings is 2. The van der Waals surface area contributed by atoms with E-state index in [-0.39, 0.29) is 28.3 Å². The Kier molecular flexibility index (Phi) is 4.40. The molecular weight excluding hydrogens is 428 g/mol. The van der Waals surface area contributed by atoms with E-state index in [2.05, 4.69) is 30.6 Å². The first-order valence-corrected chi connectivity index (χ1v) is 10.3. The van der Waals surface area contributed by atoms with Crippen LogP contribution in [-0.2, 0) is 13.0 Å². The number of nitrogens with one attached hydrogen (secondary N) is 2. The van der Waals surface area contributed by atoms with E-state index in [9.17, 15) is 13.9 Å². The zero-order valence-corrected chi connectivity index (χ0v) is 17.2. The molecule has 4 aromatic heterocycles. The minimum absolute atomic E-state index is 0.0183. The predicted octanol–water partition coefficient (Wildman–Crippen LogP) is 3.71. The molecular formula is C23H17F2N7O. The highest BCUT2D eigenvalue weighted by Crippen LogP contribution is 2.33. The molecule has 1 aliphatic rings. The summed E-state index contributed by atoms with van der Waals surface area (Å²) in [6.07, 6.45) is 5.02. The molecule has 5 heterocycles. The fourth-order valence-electron chi connectivity index (χ4n) is 4.14. The Balaban J connectivity index is 1.43. The van der Waals surface area contributed by atoms with E-state index >= 15 is 0 Å². The van der Waals surface area contributed by atoms with Crippen LogP contribution in [0.25, 0.3) is 27.8 Å². The summed E-state index contributed by atoms with van der Waals surface area (Å²) in [4.78, 5) is 17.0. The molecule has 1 aliphatic heterocycles. The molecule has 0 spiro atoms. The molecule has 0 radical (unpaired) electrons. The number of hydrogen-bond acceptors (Lipinski definition) is 7. The van der Waals surface area contributed by atoms with Crippen molar-refractivity contribution in [1.82, 2.24) is 29.7 Å². The Morgan fingerprint density at radius 3 is 2.88 bits per heavy atom. The van der Waals surface area contributed by atoms with E-state index in [4.69, 9.17) is 0 Å². The molecule has 0 bridgehead atoms. The van der Waals surface area contributed by atoms with Crippen molar-refractivity contribution in [2.24, 2.45) is 0 Å². The quantitative estimate of drug-likeness (QED) is 0.389. The largest absolute Gasteiger partial charge is 0.507 e. The summed E-state index contributed by atoms with van der Waals surface area (Å²) >= 11 is 0. The van der Waals surface area contributed by atoms with Crippen LogP contribution < -0.4 is 10.6 Å². The second-order valence-corrected chi connectivity index (χ2v) is 7.78. The minimum Gasteiger partial charge on any atom is -0.507 e. The highest BCUT2D eigenvalue weighted by Gasteiger charge is 2.18. The van der Waals surface area contributed by atoms with Crippen LogP contribution in [0.15, 0.2) is 48.9 Å². The highest BCUT2D eigenvalue weighted by molar-refractivity contribution is 5.91. The lowest BCUT2D eigenvalue weighted by atomic mass is 10.1. The molecule has 0 unspecified atom stereocenters. The van der Waals surface area contributed by atoms with Gasteiger partial charge in [-0.15, -0.1) is 0 Å². The first-order valence-electron chi connectivity index (χ1n) is 10.3. The molecule has 8 nitrogen and oxygen atoms in total. The number of imidazole rings is 1. The molecule has 3 N–H and O–H groups in total. The second kappa shape index (κ2) is 7.45. The fourth-order valence-corrected chi connectivity index (χ4v) is 4.14. The third-order valence-electron chi connectivity index (χ3n) is 5.70. The molecule has 5 aromatic rings. The SMILES string of the molecule is Oc1cc2nccn2c2cc(-c3nc(Nc4ccc5c(n4)CCNC5)ncc3F)cc(F)c12. The van der Waals surface area contributed by atoms with Gasteiger partial charge in [0.1, 0.15) is 28.7 Å². The predicted molar refractivity (Wildman–Crippen MR) is 118 cm³/mol. The number of aromatic hydroxyl groups is 1. The maximum absolute atomic E-state index is 15.0. The fraction of sp³-hybridized carbons (Fsp3) is 0.130. The van der Waals surface area contributed by atoms with E-state index < -0.39 is 11.6 Å². The van der Waals surface area contributed by atoms with E-state index in [0.29, 0.717) is 17.0 Å². The molecule has 0 atom stereocenters. The highest BCUT2D eigenvalue weighted by atomic mass is 19.1. The van der Waals surface area contributed by atoms with Crippen LogP contribution in [0.1, 0.15) is 11.3 Å². The van der Waals surface area contributed by atoms with Crippen LogP contribution in [-0.4, -0.2) is 36.0 Å². The average Bonchev–Trinajstić information content (AvgIpc) is 3.28. The van der Waals surface area contributed by atoms with Crippen molar-refractivity contribution >= 4 is 28.3 Å². The number of rotatable bonds is 3. The van der Waals surface area contributed by atoms with Crippen molar-refractivity contribution in [3.05, 3.63) is 71.8 Å². The number of anilines is 2. The van der Waals surface area contributed by atoms with Gasteiger partial charge >= 0.3 is 0 Å². The lowest BCUT2D eigenvalue weighted by Gasteiger charge is -2.17. The summed E-state index contributed by atoms with van der Waals surface area (Å²) in [5.74, 6) is -0.967. The van der Waals surface area contributed by atoms with Gasteiger partial charge in [-0.2, -0.15) is 0 Å². The monoisotopic (exact) mass is 445 g/mol.